The summed E-state index contributed by atoms with van der Waals surface area (Å²) in [5.74, 6) is -0.996. The zero-order valence-corrected chi connectivity index (χ0v) is 27.6. The van der Waals surface area contributed by atoms with Crippen LogP contribution < -0.4 is 15.8 Å². The van der Waals surface area contributed by atoms with Crippen molar-refractivity contribution in [2.45, 2.75) is 45.1 Å². The first kappa shape index (κ1) is 32.9. The van der Waals surface area contributed by atoms with Crippen LogP contribution in [-0.4, -0.2) is 46.5 Å². The number of nitrogens with two attached hydrogens (primary N) is 1. The molecule has 0 spiro atoms. The van der Waals surface area contributed by atoms with E-state index in [1.165, 1.54) is 28.9 Å². The molecule has 6 rings (SSSR count). The van der Waals surface area contributed by atoms with Crippen molar-refractivity contribution in [1.29, 1.82) is 0 Å². The van der Waals surface area contributed by atoms with Crippen LogP contribution >= 0.6 is 0 Å². The Balaban J connectivity index is 1.50. The zero-order valence-electron chi connectivity index (χ0n) is 26.8. The van der Waals surface area contributed by atoms with E-state index in [1.54, 1.807) is 20.2 Å². The van der Waals surface area contributed by atoms with Gasteiger partial charge in [0.2, 0.25) is 0 Å². The Bertz CT molecular complexity index is 2090. The van der Waals surface area contributed by atoms with Gasteiger partial charge in [0, 0.05) is 76.7 Å². The number of H-pyrrole nitrogens is 1. The Morgan fingerprint density at radius 2 is 1.98 bits per heavy atom. The van der Waals surface area contributed by atoms with Crippen molar-refractivity contribution in [3.8, 4) is 22.9 Å². The third-order valence-electron chi connectivity index (χ3n) is 8.87. The first-order chi connectivity index (χ1) is 22.9. The number of aromatic nitrogens is 4. The van der Waals surface area contributed by atoms with Crippen molar-refractivity contribution in [2.75, 3.05) is 11.5 Å². The number of hydrogen-bond donors (Lipinski definition) is 4. The van der Waals surface area contributed by atoms with Crippen LogP contribution in [0.2, 0.25) is 0 Å². The smallest absolute Gasteiger partial charge is 0.303 e. The van der Waals surface area contributed by atoms with Crippen molar-refractivity contribution in [1.82, 2.24) is 25.1 Å². The van der Waals surface area contributed by atoms with Crippen molar-refractivity contribution in [2.24, 2.45) is 12.8 Å². The van der Waals surface area contributed by atoms with E-state index in [0.717, 1.165) is 16.5 Å². The number of carbonyl (C=O) groups is 1. The van der Waals surface area contributed by atoms with Gasteiger partial charge in [0.05, 0.1) is 16.7 Å². The molecular formula is C35H36F2N6O4S. The number of ether oxygens (including phenoxy) is 1. The lowest BCUT2D eigenvalue weighted by molar-refractivity contribution is -0.136. The van der Waals surface area contributed by atoms with E-state index >= 15 is 8.78 Å². The molecule has 3 aromatic carbocycles. The molecule has 1 aliphatic heterocycles. The Morgan fingerprint density at radius 1 is 1.17 bits per heavy atom. The van der Waals surface area contributed by atoms with Crippen LogP contribution in [0.15, 0.2) is 72.2 Å². The summed E-state index contributed by atoms with van der Waals surface area (Å²) in [6, 6.07) is 14.8. The lowest BCUT2D eigenvalue weighted by atomic mass is 9.78. The Morgan fingerprint density at radius 3 is 2.77 bits per heavy atom. The Kier molecular flexibility index (Phi) is 9.06. The van der Waals surface area contributed by atoms with Gasteiger partial charge in [-0.1, -0.05) is 24.3 Å². The van der Waals surface area contributed by atoms with Gasteiger partial charge >= 0.3 is 5.97 Å². The molecule has 0 saturated carbocycles. The van der Waals surface area contributed by atoms with Gasteiger partial charge in [0.25, 0.3) is 0 Å². The summed E-state index contributed by atoms with van der Waals surface area (Å²) in [6.45, 7) is 3.86. The maximum Gasteiger partial charge on any atom is 0.303 e. The summed E-state index contributed by atoms with van der Waals surface area (Å²) in [4.78, 5) is 19.1. The highest BCUT2D eigenvalue weighted by atomic mass is 32.2. The van der Waals surface area contributed by atoms with Crippen LogP contribution in [0, 0.1) is 11.6 Å². The molecule has 0 aliphatic carbocycles. The molecule has 0 amide bonds. The fraction of sp³-hybridized carbons (Fsp3) is 0.286. The number of aliphatic carboxylic acids is 1. The van der Waals surface area contributed by atoms with Crippen molar-refractivity contribution >= 4 is 27.7 Å². The summed E-state index contributed by atoms with van der Waals surface area (Å²) in [6.07, 6.45) is 2.36. The SMILES string of the molecule is C/C1=C(/N)CS(=O)CC[C@@](C)(c2cccc(CCC(=O)O)c2)c2nc(n(C)n2)-c2cc(ccc2F)Oc2c(F)cc3[nH]ccc3c2CN1. The molecule has 2 aromatic heterocycles. The van der Waals surface area contributed by atoms with E-state index in [9.17, 15) is 14.1 Å². The van der Waals surface area contributed by atoms with Crippen LogP contribution in [0.1, 0.15) is 49.2 Å². The molecule has 0 fully saturated rings. The summed E-state index contributed by atoms with van der Waals surface area (Å²) in [5, 5.41) is 17.9. The van der Waals surface area contributed by atoms with Gasteiger partial charge in [-0.25, -0.2) is 18.4 Å². The van der Waals surface area contributed by atoms with E-state index in [0.29, 0.717) is 41.1 Å². The topological polar surface area (TPSA) is 148 Å². The van der Waals surface area contributed by atoms with Crippen LogP contribution in [0.5, 0.6) is 11.5 Å². The average Bonchev–Trinajstić information content (AvgIpc) is 3.69. The minimum Gasteiger partial charge on any atom is -0.481 e. The minimum atomic E-state index is -1.39. The molecule has 250 valence electrons. The highest BCUT2D eigenvalue weighted by molar-refractivity contribution is 7.85. The Labute approximate surface area is 278 Å². The molecule has 3 heterocycles. The second-order valence-corrected chi connectivity index (χ2v) is 13.8. The fourth-order valence-electron chi connectivity index (χ4n) is 5.93. The van der Waals surface area contributed by atoms with Crippen LogP contribution in [0.3, 0.4) is 0 Å². The second kappa shape index (κ2) is 13.2. The third kappa shape index (κ3) is 6.55. The Hall–Kier alpha value is -5.04. The largest absolute Gasteiger partial charge is 0.481 e. The minimum absolute atomic E-state index is 0.0303. The molecule has 10 nitrogen and oxygen atoms in total. The highest BCUT2D eigenvalue weighted by Gasteiger charge is 2.35. The third-order valence-corrected chi connectivity index (χ3v) is 10.2. The van der Waals surface area contributed by atoms with Gasteiger partial charge in [-0.15, -0.1) is 0 Å². The van der Waals surface area contributed by atoms with E-state index in [2.05, 4.69) is 10.3 Å². The number of rotatable bonds is 4. The quantitative estimate of drug-likeness (QED) is 0.187. The van der Waals surface area contributed by atoms with Crippen molar-refractivity contribution in [3.05, 3.63) is 106 Å². The highest BCUT2D eigenvalue weighted by Crippen LogP contribution is 2.39. The molecule has 2 atom stereocenters. The summed E-state index contributed by atoms with van der Waals surface area (Å²) in [5.41, 5.74) is 9.36. The van der Waals surface area contributed by atoms with Crippen LogP contribution in [0.25, 0.3) is 22.3 Å². The molecule has 13 heteroatoms. The number of allylic oxidation sites excluding steroid dienone is 1. The number of aromatic amines is 1. The predicted molar refractivity (Wildman–Crippen MR) is 180 cm³/mol. The van der Waals surface area contributed by atoms with Gasteiger partial charge in [0.15, 0.2) is 23.2 Å². The average molecular weight is 675 g/mol. The van der Waals surface area contributed by atoms with Gasteiger partial charge in [-0.2, -0.15) is 5.10 Å². The van der Waals surface area contributed by atoms with E-state index < -0.39 is 33.8 Å². The number of nitrogens with one attached hydrogen (secondary N) is 2. The molecule has 1 unspecified atom stereocenters. The molecule has 48 heavy (non-hydrogen) atoms. The normalized spacial score (nSPS) is 20.3. The molecule has 1 aliphatic rings. The number of halogens is 2. The molecular weight excluding hydrogens is 638 g/mol. The molecule has 0 radical (unpaired) electrons. The van der Waals surface area contributed by atoms with E-state index in [1.807, 2.05) is 37.3 Å². The fourth-order valence-corrected chi connectivity index (χ4v) is 7.28. The van der Waals surface area contributed by atoms with Gasteiger partial charge < -0.3 is 25.9 Å². The maximum atomic E-state index is 15.6. The number of carboxylic acid groups (broad SMARTS) is 1. The number of nitrogens with zero attached hydrogens (tertiary/aromatic N) is 3. The maximum absolute atomic E-state index is 15.6. The van der Waals surface area contributed by atoms with Crippen LogP contribution in [0.4, 0.5) is 8.78 Å². The predicted octanol–water partition coefficient (Wildman–Crippen LogP) is 5.79. The molecule has 4 bridgehead atoms. The zero-order chi connectivity index (χ0) is 34.2. The number of benzene rings is 3. The lowest BCUT2D eigenvalue weighted by Crippen LogP contribution is -2.29. The van der Waals surface area contributed by atoms with Gasteiger partial charge in [0.1, 0.15) is 11.6 Å². The summed E-state index contributed by atoms with van der Waals surface area (Å²) < 4.78 is 52.2. The summed E-state index contributed by atoms with van der Waals surface area (Å²) >= 11 is 0. The van der Waals surface area contributed by atoms with E-state index in [-0.39, 0.29) is 47.4 Å². The lowest BCUT2D eigenvalue weighted by Gasteiger charge is -2.28. The second-order valence-electron chi connectivity index (χ2n) is 12.2. The molecule has 0 saturated heterocycles. The molecule has 5 N–H and O–H groups in total. The number of fused-ring (bicyclic) bond motifs is 8. The first-order valence-electron chi connectivity index (χ1n) is 15.5. The van der Waals surface area contributed by atoms with Gasteiger partial charge in [-0.05, 0) is 62.1 Å². The van der Waals surface area contributed by atoms with Crippen LogP contribution in [-0.2, 0) is 41.0 Å². The van der Waals surface area contributed by atoms with Crippen molar-refractivity contribution < 1.29 is 27.6 Å². The van der Waals surface area contributed by atoms with Gasteiger partial charge in [-0.3, -0.25) is 9.00 Å². The summed E-state index contributed by atoms with van der Waals surface area (Å²) in [7, 11) is 0.261. The van der Waals surface area contributed by atoms with E-state index in [4.69, 9.17) is 20.6 Å². The number of hydrogen-bond acceptors (Lipinski definition) is 7. The number of carboxylic acids is 1. The monoisotopic (exact) mass is 674 g/mol. The number of aryl methyl sites for hydroxylation is 2. The molecule has 5 aromatic rings. The standard InChI is InChI=1S/C35H36F2N6O4S/c1-20-29(38)19-48(46)14-12-35(2,22-6-4-5-21(15-22)7-10-31(44)45)34-41-33(43(3)42-34)25-16-23(8-9-27(25)36)47-32-26(18-40-20)24-11-13-39-30(24)17-28(32)37/h4-6,8-9,11,13,15-17,39-40H,7,10,12,14,18-19,38H2,1-3H3,(H,44,45)/b29-20-/t35-,48?/m0/s1. The van der Waals surface area contributed by atoms with Crippen molar-refractivity contribution in [3.63, 3.8) is 0 Å². The first-order valence-corrected chi connectivity index (χ1v) is 16.9.